The van der Waals surface area contributed by atoms with E-state index in [-0.39, 0.29) is 12.5 Å². The molecule has 4 N–H and O–H groups in total. The molecule has 3 rings (SSSR count). The lowest BCUT2D eigenvalue weighted by Gasteiger charge is -2.08. The molecule has 3 aromatic rings. The van der Waals surface area contributed by atoms with Gasteiger partial charge in [0.1, 0.15) is 6.54 Å². The summed E-state index contributed by atoms with van der Waals surface area (Å²) in [5.74, 6) is -0.213. The van der Waals surface area contributed by atoms with Crippen molar-refractivity contribution >= 4 is 34.2 Å². The fourth-order valence-corrected chi connectivity index (χ4v) is 2.31. The van der Waals surface area contributed by atoms with Crippen molar-refractivity contribution in [1.82, 2.24) is 9.78 Å². The molecule has 23 heavy (non-hydrogen) atoms. The molecule has 0 radical (unpaired) electrons. The van der Waals surface area contributed by atoms with Crippen LogP contribution in [0.2, 0.25) is 0 Å². The van der Waals surface area contributed by atoms with E-state index >= 15 is 0 Å². The topological polar surface area (TPSA) is 102 Å². The van der Waals surface area contributed by atoms with Crippen LogP contribution in [-0.2, 0) is 11.3 Å². The van der Waals surface area contributed by atoms with Crippen LogP contribution in [0, 0.1) is 0 Å². The second-order valence-electron chi connectivity index (χ2n) is 4.98. The molecule has 7 heteroatoms. The van der Waals surface area contributed by atoms with Crippen molar-refractivity contribution in [1.29, 1.82) is 0 Å². The Morgan fingerprint density at radius 1 is 1.04 bits per heavy atom. The number of primary amides is 1. The normalized spacial score (nSPS) is 10.4. The number of carbonyl (C=O) groups is 2. The molecule has 0 saturated carbocycles. The van der Waals surface area contributed by atoms with Gasteiger partial charge in [-0.25, -0.2) is 4.79 Å². The Morgan fingerprint density at radius 3 is 2.57 bits per heavy atom. The average Bonchev–Trinajstić information content (AvgIpc) is 2.90. The highest BCUT2D eigenvalue weighted by molar-refractivity contribution is 5.93. The van der Waals surface area contributed by atoms with Gasteiger partial charge in [-0.15, -0.1) is 0 Å². The number of rotatable bonds is 4. The van der Waals surface area contributed by atoms with Crippen LogP contribution in [0.3, 0.4) is 0 Å². The molecule has 0 spiro atoms. The second kappa shape index (κ2) is 6.18. The number of anilines is 2. The highest BCUT2D eigenvalue weighted by atomic mass is 16.2. The molecule has 0 aliphatic carbocycles. The van der Waals surface area contributed by atoms with E-state index in [1.165, 1.54) is 0 Å². The largest absolute Gasteiger partial charge is 0.351 e. The molecule has 0 atom stereocenters. The van der Waals surface area contributed by atoms with E-state index in [1.807, 2.05) is 24.3 Å². The number of amides is 3. The first-order chi connectivity index (χ1) is 11.1. The van der Waals surface area contributed by atoms with Crippen LogP contribution in [0.25, 0.3) is 10.9 Å². The fraction of sp³-hybridized carbons (Fsp3) is 0.0625. The van der Waals surface area contributed by atoms with E-state index in [0.717, 1.165) is 10.9 Å². The maximum Gasteiger partial charge on any atom is 0.316 e. The number of urea groups is 1. The molecule has 0 unspecified atom stereocenters. The number of fused-ring (bicyclic) bond motifs is 1. The predicted octanol–water partition coefficient (Wildman–Crippen LogP) is 2.17. The highest BCUT2D eigenvalue weighted by Gasteiger charge is 2.08. The minimum absolute atomic E-state index is 0.0982. The average molecular weight is 309 g/mol. The lowest BCUT2D eigenvalue weighted by atomic mass is 10.2. The van der Waals surface area contributed by atoms with Crippen LogP contribution in [0.4, 0.5) is 16.2 Å². The first-order valence-electron chi connectivity index (χ1n) is 6.99. The van der Waals surface area contributed by atoms with Gasteiger partial charge >= 0.3 is 6.03 Å². The third kappa shape index (κ3) is 3.46. The number of nitrogens with two attached hydrogens (primary N) is 1. The van der Waals surface area contributed by atoms with Crippen LogP contribution in [0.15, 0.2) is 54.7 Å². The molecule has 2 aromatic carbocycles. The van der Waals surface area contributed by atoms with Gasteiger partial charge in [0.15, 0.2) is 0 Å². The Bertz CT molecular complexity index is 872. The Kier molecular flexibility index (Phi) is 3.92. The first kappa shape index (κ1) is 14.6. The molecule has 3 amide bonds. The quantitative estimate of drug-likeness (QED) is 0.688. The summed E-state index contributed by atoms with van der Waals surface area (Å²) in [7, 11) is 0. The molecule has 0 aliphatic rings. The smallest absolute Gasteiger partial charge is 0.316 e. The van der Waals surface area contributed by atoms with Crippen LogP contribution in [0.5, 0.6) is 0 Å². The Morgan fingerprint density at radius 2 is 1.78 bits per heavy atom. The first-order valence-corrected chi connectivity index (χ1v) is 6.99. The summed E-state index contributed by atoms with van der Waals surface area (Å²) < 4.78 is 1.64. The van der Waals surface area contributed by atoms with Crippen molar-refractivity contribution in [2.45, 2.75) is 6.54 Å². The molecule has 1 heterocycles. The number of para-hydroxylation sites is 1. The molecule has 0 bridgehead atoms. The standard InChI is InChI=1S/C16H15N5O2/c17-16(23)20-13-6-3-5-12(8-13)19-15(22)10-21-14-7-2-1-4-11(14)9-18-21/h1-9H,10H2,(H,19,22)(H3,17,20,23). The van der Waals surface area contributed by atoms with Crippen LogP contribution >= 0.6 is 0 Å². The van der Waals surface area contributed by atoms with Crippen LogP contribution in [-0.4, -0.2) is 21.7 Å². The van der Waals surface area contributed by atoms with Crippen LogP contribution < -0.4 is 16.4 Å². The van der Waals surface area contributed by atoms with Crippen molar-refractivity contribution in [2.24, 2.45) is 5.73 Å². The summed E-state index contributed by atoms with van der Waals surface area (Å²) in [5.41, 5.74) is 7.05. The summed E-state index contributed by atoms with van der Waals surface area (Å²) in [6, 6.07) is 13.8. The van der Waals surface area contributed by atoms with E-state index in [4.69, 9.17) is 5.73 Å². The van der Waals surface area contributed by atoms with Crippen molar-refractivity contribution in [3.05, 3.63) is 54.7 Å². The van der Waals surface area contributed by atoms with Gasteiger partial charge in [0.25, 0.3) is 0 Å². The van der Waals surface area contributed by atoms with Gasteiger partial charge in [-0.3, -0.25) is 9.48 Å². The number of nitrogens with one attached hydrogen (secondary N) is 2. The molecule has 1 aromatic heterocycles. The number of benzene rings is 2. The minimum Gasteiger partial charge on any atom is -0.351 e. The monoisotopic (exact) mass is 309 g/mol. The molecular weight excluding hydrogens is 294 g/mol. The zero-order valence-electron chi connectivity index (χ0n) is 12.2. The van der Waals surface area contributed by atoms with Crippen LogP contribution in [0.1, 0.15) is 0 Å². The van der Waals surface area contributed by atoms with Crippen molar-refractivity contribution in [2.75, 3.05) is 10.6 Å². The van der Waals surface area contributed by atoms with Crippen molar-refractivity contribution in [3.63, 3.8) is 0 Å². The number of carbonyl (C=O) groups excluding carboxylic acids is 2. The summed E-state index contributed by atoms with van der Waals surface area (Å²) in [4.78, 5) is 23.0. The lowest BCUT2D eigenvalue weighted by molar-refractivity contribution is -0.116. The maximum absolute atomic E-state index is 12.2. The predicted molar refractivity (Wildman–Crippen MR) is 88.0 cm³/mol. The molecule has 0 fully saturated rings. The van der Waals surface area contributed by atoms with Gasteiger partial charge in [0, 0.05) is 16.8 Å². The molecule has 116 valence electrons. The van der Waals surface area contributed by atoms with E-state index < -0.39 is 6.03 Å². The van der Waals surface area contributed by atoms with Gasteiger partial charge < -0.3 is 16.4 Å². The maximum atomic E-state index is 12.2. The Labute approximate surface area is 132 Å². The summed E-state index contributed by atoms with van der Waals surface area (Å²) in [5, 5.41) is 10.4. The Hall–Kier alpha value is -3.35. The van der Waals surface area contributed by atoms with E-state index in [0.29, 0.717) is 11.4 Å². The highest BCUT2D eigenvalue weighted by Crippen LogP contribution is 2.16. The number of hydrogen-bond donors (Lipinski definition) is 3. The molecular formula is C16H15N5O2. The van der Waals surface area contributed by atoms with E-state index in [2.05, 4.69) is 15.7 Å². The third-order valence-corrected chi connectivity index (χ3v) is 3.26. The zero-order chi connectivity index (χ0) is 16.2. The molecule has 7 nitrogen and oxygen atoms in total. The van der Waals surface area contributed by atoms with Crippen molar-refractivity contribution < 1.29 is 9.59 Å². The number of nitrogens with zero attached hydrogens (tertiary/aromatic N) is 2. The van der Waals surface area contributed by atoms with Gasteiger partial charge in [-0.1, -0.05) is 24.3 Å². The fourth-order valence-electron chi connectivity index (χ4n) is 2.31. The molecule has 0 saturated heterocycles. The summed E-state index contributed by atoms with van der Waals surface area (Å²) >= 11 is 0. The zero-order valence-corrected chi connectivity index (χ0v) is 12.2. The number of hydrogen-bond acceptors (Lipinski definition) is 3. The number of aromatic nitrogens is 2. The van der Waals surface area contributed by atoms with Gasteiger partial charge in [-0.2, -0.15) is 5.10 Å². The minimum atomic E-state index is -0.656. The van der Waals surface area contributed by atoms with Gasteiger partial charge in [0.05, 0.1) is 11.7 Å². The summed E-state index contributed by atoms with van der Waals surface area (Å²) in [6.07, 6.45) is 1.72. The van der Waals surface area contributed by atoms with E-state index in [1.54, 1.807) is 35.1 Å². The Balaban J connectivity index is 1.71. The lowest BCUT2D eigenvalue weighted by Crippen LogP contribution is -2.20. The molecule has 0 aliphatic heterocycles. The van der Waals surface area contributed by atoms with Gasteiger partial charge in [-0.05, 0) is 24.3 Å². The van der Waals surface area contributed by atoms with Crippen molar-refractivity contribution in [3.8, 4) is 0 Å². The van der Waals surface area contributed by atoms with Gasteiger partial charge in [0.2, 0.25) is 5.91 Å². The second-order valence-corrected chi connectivity index (χ2v) is 4.98. The summed E-state index contributed by atoms with van der Waals surface area (Å²) in [6.45, 7) is 0.0982. The SMILES string of the molecule is NC(=O)Nc1cccc(NC(=O)Cn2ncc3ccccc32)c1. The van der Waals surface area contributed by atoms with E-state index in [9.17, 15) is 9.59 Å². The third-order valence-electron chi connectivity index (χ3n) is 3.26.